The van der Waals surface area contributed by atoms with E-state index in [-0.39, 0.29) is 5.75 Å². The van der Waals surface area contributed by atoms with E-state index in [0.29, 0.717) is 0 Å². The van der Waals surface area contributed by atoms with Crippen LogP contribution < -0.4 is 8.75 Å². The Labute approximate surface area is 176 Å². The number of aromatic nitrogens is 1. The van der Waals surface area contributed by atoms with Gasteiger partial charge in [-0.25, -0.2) is 13.0 Å². The zero-order valence-corrected chi connectivity index (χ0v) is 18.4. The van der Waals surface area contributed by atoms with Crippen LogP contribution in [0.1, 0.15) is 71.1 Å². The van der Waals surface area contributed by atoms with Gasteiger partial charge in [-0.15, -0.1) is 0 Å². The van der Waals surface area contributed by atoms with Crippen LogP contribution in [0.2, 0.25) is 0 Å². The summed E-state index contributed by atoms with van der Waals surface area (Å²) in [5.41, 5.74) is 0. The second-order valence-corrected chi connectivity index (χ2v) is 8.08. The molecule has 0 bridgehead atoms. The zero-order valence-electron chi connectivity index (χ0n) is 17.5. The van der Waals surface area contributed by atoms with E-state index in [9.17, 15) is 13.0 Å². The van der Waals surface area contributed by atoms with E-state index in [1.165, 1.54) is 82.9 Å². The van der Waals surface area contributed by atoms with Crippen molar-refractivity contribution >= 4 is 10.4 Å². The van der Waals surface area contributed by atoms with Crippen LogP contribution in [0.4, 0.5) is 0 Å². The maximum atomic E-state index is 10.0. The van der Waals surface area contributed by atoms with Gasteiger partial charge in [-0.1, -0.05) is 82.6 Å². The molecular formula is C23H35NO4S. The van der Waals surface area contributed by atoms with Crippen molar-refractivity contribution in [3.05, 3.63) is 60.9 Å². The highest BCUT2D eigenvalue weighted by Crippen LogP contribution is 2.11. The van der Waals surface area contributed by atoms with E-state index in [4.69, 9.17) is 0 Å². The number of nitrogens with zero attached hydrogens (tertiary/aromatic N) is 1. The van der Waals surface area contributed by atoms with Crippen molar-refractivity contribution in [1.29, 1.82) is 0 Å². The third-order valence-electron chi connectivity index (χ3n) is 4.49. The number of hydrogen-bond acceptors (Lipinski definition) is 4. The lowest BCUT2D eigenvalue weighted by Crippen LogP contribution is -2.32. The fourth-order valence-corrected chi connectivity index (χ4v) is 3.31. The highest BCUT2D eigenvalue weighted by atomic mass is 32.3. The van der Waals surface area contributed by atoms with Crippen LogP contribution in [0.5, 0.6) is 5.75 Å². The Morgan fingerprint density at radius 1 is 0.759 bits per heavy atom. The molecule has 0 amide bonds. The van der Waals surface area contributed by atoms with Gasteiger partial charge in [-0.2, -0.15) is 0 Å². The molecule has 0 radical (unpaired) electrons. The largest absolute Gasteiger partial charge is 0.716 e. The predicted molar refractivity (Wildman–Crippen MR) is 115 cm³/mol. The Morgan fingerprint density at radius 3 is 1.76 bits per heavy atom. The number of pyridine rings is 1. The number of benzene rings is 1. The second-order valence-electron chi connectivity index (χ2n) is 7.10. The van der Waals surface area contributed by atoms with Crippen LogP contribution in [0.15, 0.2) is 60.9 Å². The van der Waals surface area contributed by atoms with Crippen LogP contribution in [-0.4, -0.2) is 13.0 Å². The van der Waals surface area contributed by atoms with Crippen LogP contribution in [0.3, 0.4) is 0 Å². The van der Waals surface area contributed by atoms with E-state index in [0.717, 1.165) is 0 Å². The summed E-state index contributed by atoms with van der Waals surface area (Å²) in [6, 6.07) is 13.9. The van der Waals surface area contributed by atoms with Crippen molar-refractivity contribution in [2.45, 2.75) is 77.7 Å². The zero-order chi connectivity index (χ0) is 21.2. The topological polar surface area (TPSA) is 70.3 Å². The SMILES string of the molecule is CCCCCCCCCCCC[n+]1ccccc1.O=S(=O)([O-])Oc1ccccc1. The third kappa shape index (κ3) is 15.7. The molecule has 0 saturated heterocycles. The molecule has 0 aliphatic heterocycles. The van der Waals surface area contributed by atoms with Crippen molar-refractivity contribution in [3.63, 3.8) is 0 Å². The van der Waals surface area contributed by atoms with E-state index >= 15 is 0 Å². The summed E-state index contributed by atoms with van der Waals surface area (Å²) in [6.07, 6.45) is 18.5. The molecule has 5 nitrogen and oxygen atoms in total. The molecule has 6 heteroatoms. The van der Waals surface area contributed by atoms with Crippen molar-refractivity contribution < 1.29 is 21.7 Å². The first-order valence-corrected chi connectivity index (χ1v) is 12.0. The van der Waals surface area contributed by atoms with Crippen LogP contribution in [-0.2, 0) is 16.9 Å². The molecule has 162 valence electrons. The minimum absolute atomic E-state index is 0.0301. The van der Waals surface area contributed by atoms with Gasteiger partial charge in [0.15, 0.2) is 12.4 Å². The molecule has 1 aromatic carbocycles. The molecule has 1 aromatic heterocycles. The summed E-state index contributed by atoms with van der Waals surface area (Å²) in [7, 11) is -4.63. The average Bonchev–Trinajstić information content (AvgIpc) is 2.70. The first kappa shape index (κ1) is 25.1. The fourth-order valence-electron chi connectivity index (χ4n) is 2.96. The molecule has 0 fully saturated rings. The second kappa shape index (κ2) is 15.9. The number of unbranched alkanes of at least 4 members (excludes halogenated alkanes) is 9. The summed E-state index contributed by atoms with van der Waals surface area (Å²) in [4.78, 5) is 0. The third-order valence-corrected chi connectivity index (χ3v) is 4.89. The number of aryl methyl sites for hydroxylation is 1. The number of rotatable bonds is 13. The van der Waals surface area contributed by atoms with Crippen molar-refractivity contribution in [2.24, 2.45) is 0 Å². The molecule has 2 rings (SSSR count). The highest BCUT2D eigenvalue weighted by molar-refractivity contribution is 7.81. The van der Waals surface area contributed by atoms with Crippen LogP contribution in [0, 0.1) is 0 Å². The Hall–Kier alpha value is -1.92. The maximum absolute atomic E-state index is 10.0. The van der Waals surface area contributed by atoms with Gasteiger partial charge in [0, 0.05) is 18.6 Å². The van der Waals surface area contributed by atoms with E-state index in [2.05, 4.69) is 46.3 Å². The van der Waals surface area contributed by atoms with Gasteiger partial charge in [0.1, 0.15) is 12.3 Å². The molecule has 0 aliphatic carbocycles. The van der Waals surface area contributed by atoms with Crippen molar-refractivity contribution in [2.75, 3.05) is 0 Å². The van der Waals surface area contributed by atoms with E-state index in [1.807, 2.05) is 0 Å². The minimum atomic E-state index is -4.63. The van der Waals surface area contributed by atoms with E-state index < -0.39 is 10.4 Å². The quantitative estimate of drug-likeness (QED) is 0.187. The Bertz CT molecular complexity index is 721. The van der Waals surface area contributed by atoms with Crippen molar-refractivity contribution in [1.82, 2.24) is 0 Å². The molecule has 0 N–H and O–H groups in total. The number of para-hydroxylation sites is 1. The summed E-state index contributed by atoms with van der Waals surface area (Å²) in [6.45, 7) is 3.46. The molecule has 1 heterocycles. The Kier molecular flexibility index (Phi) is 13.8. The normalized spacial score (nSPS) is 10.8. The molecule has 29 heavy (non-hydrogen) atoms. The summed E-state index contributed by atoms with van der Waals surface area (Å²) in [5.74, 6) is 0.0301. The minimum Gasteiger partial charge on any atom is -0.716 e. The van der Waals surface area contributed by atoms with Gasteiger partial charge < -0.3 is 8.74 Å². The molecule has 0 aliphatic rings. The monoisotopic (exact) mass is 421 g/mol. The summed E-state index contributed by atoms with van der Waals surface area (Å²) >= 11 is 0. The Morgan fingerprint density at radius 2 is 1.24 bits per heavy atom. The van der Waals surface area contributed by atoms with Gasteiger partial charge in [-0.05, 0) is 18.6 Å². The fraction of sp³-hybridized carbons (Fsp3) is 0.522. The van der Waals surface area contributed by atoms with Gasteiger partial charge in [-0.3, -0.25) is 0 Å². The van der Waals surface area contributed by atoms with Crippen LogP contribution >= 0.6 is 0 Å². The lowest BCUT2D eigenvalue weighted by Gasteiger charge is -2.07. The average molecular weight is 422 g/mol. The van der Waals surface area contributed by atoms with Gasteiger partial charge >= 0.3 is 0 Å². The molecule has 0 unspecified atom stereocenters. The Balaban J connectivity index is 0.000000326. The summed E-state index contributed by atoms with van der Waals surface area (Å²) < 4.78 is 36.4. The first-order chi connectivity index (χ1) is 14.0. The molecule has 0 atom stereocenters. The summed E-state index contributed by atoms with van der Waals surface area (Å²) in [5, 5.41) is 0. The predicted octanol–water partition coefficient (Wildman–Crippen LogP) is 5.42. The lowest BCUT2D eigenvalue weighted by atomic mass is 10.1. The molecule has 0 saturated carbocycles. The molecule has 2 aromatic rings. The van der Waals surface area contributed by atoms with Gasteiger partial charge in [0.25, 0.3) is 10.4 Å². The van der Waals surface area contributed by atoms with Crippen molar-refractivity contribution in [3.8, 4) is 5.75 Å². The van der Waals surface area contributed by atoms with Gasteiger partial charge in [0.2, 0.25) is 0 Å². The molecule has 0 spiro atoms. The number of hydrogen-bond donors (Lipinski definition) is 0. The standard InChI is InChI=1S/C17H30N.C6H6O4S/c1-2-3-4-5-6-7-8-9-10-12-15-18-16-13-11-14-17-18;7-11(8,9)10-6-4-2-1-3-5-6/h11,13-14,16-17H,2-10,12,15H2,1H3;1-5H,(H,7,8,9)/q+1;/p-1. The lowest BCUT2D eigenvalue weighted by molar-refractivity contribution is -0.697. The highest BCUT2D eigenvalue weighted by Gasteiger charge is 1.98. The smallest absolute Gasteiger partial charge is 0.262 e. The molecular weight excluding hydrogens is 386 g/mol. The van der Waals surface area contributed by atoms with Gasteiger partial charge in [0.05, 0.1) is 0 Å². The first-order valence-electron chi connectivity index (χ1n) is 10.7. The van der Waals surface area contributed by atoms with E-state index in [1.54, 1.807) is 18.2 Å². The maximum Gasteiger partial charge on any atom is 0.262 e. The van der Waals surface area contributed by atoms with Crippen LogP contribution in [0.25, 0.3) is 0 Å².